The molecule has 0 saturated heterocycles. The molecule has 2 aromatic heterocycles. The molecule has 0 amide bonds. The molecule has 1 aromatic carbocycles. The Labute approximate surface area is 144 Å². The van der Waals surface area contributed by atoms with E-state index in [-0.39, 0.29) is 5.97 Å². The number of hydrogen-bond donors (Lipinski definition) is 1. The number of anilines is 2. The lowest BCUT2D eigenvalue weighted by Gasteiger charge is -2.14. The second-order valence-electron chi connectivity index (χ2n) is 5.36. The van der Waals surface area contributed by atoms with Crippen molar-refractivity contribution in [2.24, 2.45) is 0 Å². The van der Waals surface area contributed by atoms with Crippen LogP contribution in [0.15, 0.2) is 29.9 Å². The molecule has 124 valence electrons. The Morgan fingerprint density at radius 2 is 2.12 bits per heavy atom. The number of nitrogens with one attached hydrogen (secondary N) is 1. The van der Waals surface area contributed by atoms with Crippen LogP contribution >= 0.6 is 11.3 Å². The fraction of sp³-hybridized carbons (Fsp3) is 0.278. The van der Waals surface area contributed by atoms with Crippen molar-refractivity contribution in [2.75, 3.05) is 11.9 Å². The molecule has 0 fully saturated rings. The average molecular weight is 341 g/mol. The average Bonchev–Trinajstić information content (AvgIpc) is 3.02. The molecular formula is C18H19N3O2S. The number of thiophene rings is 1. The van der Waals surface area contributed by atoms with Crippen LogP contribution in [0.4, 0.5) is 11.5 Å². The molecule has 0 radical (unpaired) electrons. The summed E-state index contributed by atoms with van der Waals surface area (Å²) < 4.78 is 5.15. The Morgan fingerprint density at radius 1 is 1.29 bits per heavy atom. The molecule has 0 atom stereocenters. The van der Waals surface area contributed by atoms with Crippen molar-refractivity contribution in [1.82, 2.24) is 9.97 Å². The smallest absolute Gasteiger partial charge is 0.339 e. The molecule has 3 rings (SSSR count). The van der Waals surface area contributed by atoms with Crippen LogP contribution in [-0.2, 0) is 11.2 Å². The van der Waals surface area contributed by atoms with E-state index in [1.165, 1.54) is 23.2 Å². The third kappa shape index (κ3) is 2.97. The maximum atomic E-state index is 12.2. The summed E-state index contributed by atoms with van der Waals surface area (Å²) in [4.78, 5) is 21.6. The number of aryl methyl sites for hydroxylation is 2. The van der Waals surface area contributed by atoms with E-state index in [2.05, 4.69) is 41.3 Å². The number of carbonyl (C=O) groups is 1. The fourth-order valence-electron chi connectivity index (χ4n) is 2.65. The highest BCUT2D eigenvalue weighted by atomic mass is 32.1. The third-order valence-corrected chi connectivity index (χ3v) is 4.74. The number of esters is 1. The zero-order chi connectivity index (χ0) is 17.1. The first-order valence-corrected chi connectivity index (χ1v) is 8.78. The Bertz CT molecular complexity index is 889. The topological polar surface area (TPSA) is 64.1 Å². The van der Waals surface area contributed by atoms with Crippen LogP contribution in [-0.4, -0.2) is 22.5 Å². The maximum Gasteiger partial charge on any atom is 0.339 e. The Hall–Kier alpha value is -2.47. The van der Waals surface area contributed by atoms with Crippen LogP contribution in [0.3, 0.4) is 0 Å². The van der Waals surface area contributed by atoms with Gasteiger partial charge in [-0.15, -0.1) is 11.3 Å². The number of aromatic nitrogens is 2. The summed E-state index contributed by atoms with van der Waals surface area (Å²) >= 11 is 1.42. The molecule has 0 unspecified atom stereocenters. The Balaban J connectivity index is 2.11. The van der Waals surface area contributed by atoms with E-state index in [1.54, 1.807) is 12.3 Å². The lowest BCUT2D eigenvalue weighted by molar-refractivity contribution is 0.0529. The zero-order valence-corrected chi connectivity index (χ0v) is 14.7. The van der Waals surface area contributed by atoms with E-state index in [4.69, 9.17) is 4.74 Å². The van der Waals surface area contributed by atoms with E-state index in [0.29, 0.717) is 23.4 Å². The maximum absolute atomic E-state index is 12.2. The minimum Gasteiger partial charge on any atom is -0.462 e. The molecule has 0 spiro atoms. The van der Waals surface area contributed by atoms with Crippen molar-refractivity contribution in [2.45, 2.75) is 27.2 Å². The monoisotopic (exact) mass is 341 g/mol. The highest BCUT2D eigenvalue weighted by molar-refractivity contribution is 7.17. The highest BCUT2D eigenvalue weighted by Gasteiger charge is 2.19. The van der Waals surface area contributed by atoms with Crippen LogP contribution in [0.1, 0.15) is 35.3 Å². The van der Waals surface area contributed by atoms with Crippen molar-refractivity contribution in [1.29, 1.82) is 0 Å². The molecular weight excluding hydrogens is 322 g/mol. The van der Waals surface area contributed by atoms with Gasteiger partial charge in [0.25, 0.3) is 0 Å². The number of benzene rings is 1. The highest BCUT2D eigenvalue weighted by Crippen LogP contribution is 2.33. The third-order valence-electron chi connectivity index (χ3n) is 3.85. The minimum atomic E-state index is -0.345. The van der Waals surface area contributed by atoms with E-state index >= 15 is 0 Å². The van der Waals surface area contributed by atoms with Gasteiger partial charge in [0.15, 0.2) is 0 Å². The SMILES string of the molecule is CCOC(=O)c1csc2ncnc(Nc3c(C)cccc3CC)c12. The van der Waals surface area contributed by atoms with Crippen molar-refractivity contribution >= 4 is 39.0 Å². The summed E-state index contributed by atoms with van der Waals surface area (Å²) in [5.74, 6) is 0.287. The second-order valence-corrected chi connectivity index (χ2v) is 6.22. The van der Waals surface area contributed by atoms with E-state index in [9.17, 15) is 4.79 Å². The van der Waals surface area contributed by atoms with E-state index in [0.717, 1.165) is 22.5 Å². The van der Waals surface area contributed by atoms with Gasteiger partial charge in [-0.3, -0.25) is 0 Å². The molecule has 24 heavy (non-hydrogen) atoms. The van der Waals surface area contributed by atoms with E-state index < -0.39 is 0 Å². The summed E-state index contributed by atoms with van der Waals surface area (Å²) in [5.41, 5.74) is 3.87. The van der Waals surface area contributed by atoms with Gasteiger partial charge in [-0.1, -0.05) is 25.1 Å². The molecule has 0 aliphatic heterocycles. The standard InChI is InChI=1S/C18H19N3O2S/c1-4-12-8-6-7-11(3)15(12)21-16-14-13(18(22)23-5-2)9-24-17(14)20-10-19-16/h6-10H,4-5H2,1-3H3,(H,19,20,21). The number of fused-ring (bicyclic) bond motifs is 1. The predicted octanol–water partition coefficient (Wildman–Crippen LogP) is 4.48. The predicted molar refractivity (Wildman–Crippen MR) is 97.2 cm³/mol. The van der Waals surface area contributed by atoms with Crippen LogP contribution in [0.2, 0.25) is 0 Å². The van der Waals surface area contributed by atoms with Crippen molar-refractivity contribution in [3.8, 4) is 0 Å². The largest absolute Gasteiger partial charge is 0.462 e. The van der Waals surface area contributed by atoms with Gasteiger partial charge >= 0.3 is 5.97 Å². The van der Waals surface area contributed by atoms with Crippen molar-refractivity contribution in [3.63, 3.8) is 0 Å². The number of para-hydroxylation sites is 1. The van der Waals surface area contributed by atoms with Crippen molar-refractivity contribution in [3.05, 3.63) is 46.6 Å². The van der Waals surface area contributed by atoms with E-state index in [1.807, 2.05) is 6.07 Å². The summed E-state index contributed by atoms with van der Waals surface area (Å²) in [6.07, 6.45) is 2.42. The molecule has 0 aliphatic rings. The Morgan fingerprint density at radius 3 is 2.88 bits per heavy atom. The van der Waals surface area contributed by atoms with Crippen LogP contribution < -0.4 is 5.32 Å². The molecule has 0 bridgehead atoms. The number of carbonyl (C=O) groups excluding carboxylic acids is 1. The van der Waals surface area contributed by atoms with Gasteiger partial charge in [0.1, 0.15) is 17.0 Å². The summed E-state index contributed by atoms with van der Waals surface area (Å²) in [6.45, 7) is 6.30. The van der Waals surface area contributed by atoms with Gasteiger partial charge in [-0.05, 0) is 31.4 Å². The first-order chi connectivity index (χ1) is 11.7. The summed E-state index contributed by atoms with van der Waals surface area (Å²) in [6, 6.07) is 6.19. The molecule has 1 N–H and O–H groups in total. The molecule has 3 aromatic rings. The fourth-order valence-corrected chi connectivity index (χ4v) is 3.53. The van der Waals surface area contributed by atoms with Gasteiger partial charge in [0.2, 0.25) is 0 Å². The second kappa shape index (κ2) is 6.97. The van der Waals surface area contributed by atoms with Crippen LogP contribution in [0.25, 0.3) is 10.2 Å². The molecule has 0 aliphatic carbocycles. The number of rotatable bonds is 5. The first-order valence-electron chi connectivity index (χ1n) is 7.90. The quantitative estimate of drug-likeness (QED) is 0.693. The molecule has 5 nitrogen and oxygen atoms in total. The number of hydrogen-bond acceptors (Lipinski definition) is 6. The summed E-state index contributed by atoms with van der Waals surface area (Å²) in [5, 5.41) is 5.90. The molecule has 6 heteroatoms. The summed E-state index contributed by atoms with van der Waals surface area (Å²) in [7, 11) is 0. The van der Waals surface area contributed by atoms with Gasteiger partial charge in [0.05, 0.1) is 17.6 Å². The minimum absolute atomic E-state index is 0.338. The zero-order valence-electron chi connectivity index (χ0n) is 13.9. The normalized spacial score (nSPS) is 10.8. The lowest BCUT2D eigenvalue weighted by atomic mass is 10.1. The number of nitrogens with zero attached hydrogens (tertiary/aromatic N) is 2. The van der Waals surface area contributed by atoms with Gasteiger partial charge < -0.3 is 10.1 Å². The van der Waals surface area contributed by atoms with Crippen LogP contribution in [0.5, 0.6) is 0 Å². The van der Waals surface area contributed by atoms with Crippen LogP contribution in [0, 0.1) is 6.92 Å². The molecule has 2 heterocycles. The number of ether oxygens (including phenoxy) is 1. The molecule has 0 saturated carbocycles. The lowest BCUT2D eigenvalue weighted by Crippen LogP contribution is -2.06. The Kier molecular flexibility index (Phi) is 4.76. The van der Waals surface area contributed by atoms with Gasteiger partial charge in [0, 0.05) is 11.1 Å². The van der Waals surface area contributed by atoms with Gasteiger partial charge in [-0.25, -0.2) is 14.8 Å². The first kappa shape index (κ1) is 16.4. The van der Waals surface area contributed by atoms with Crippen molar-refractivity contribution < 1.29 is 9.53 Å². The van der Waals surface area contributed by atoms with Gasteiger partial charge in [-0.2, -0.15) is 0 Å².